The number of amides is 1. The van der Waals surface area contributed by atoms with Gasteiger partial charge in [0.15, 0.2) is 0 Å². The summed E-state index contributed by atoms with van der Waals surface area (Å²) < 4.78 is 5.31. The van der Waals surface area contributed by atoms with Crippen LogP contribution in [0.3, 0.4) is 0 Å². The van der Waals surface area contributed by atoms with Crippen LogP contribution in [0.4, 0.5) is 0 Å². The lowest BCUT2D eigenvalue weighted by atomic mass is 10.2. The first-order valence-corrected chi connectivity index (χ1v) is 7.82. The van der Waals surface area contributed by atoms with Gasteiger partial charge in [0.25, 0.3) is 5.91 Å². The quantitative estimate of drug-likeness (QED) is 0.778. The van der Waals surface area contributed by atoms with Crippen molar-refractivity contribution in [1.82, 2.24) is 15.2 Å². The summed E-state index contributed by atoms with van der Waals surface area (Å²) in [5.41, 5.74) is 5.97. The van der Waals surface area contributed by atoms with Gasteiger partial charge < -0.3 is 15.8 Å². The minimum absolute atomic E-state index is 0. The van der Waals surface area contributed by atoms with Crippen molar-refractivity contribution in [2.24, 2.45) is 5.73 Å². The van der Waals surface area contributed by atoms with E-state index >= 15 is 0 Å². The van der Waals surface area contributed by atoms with Gasteiger partial charge in [0.2, 0.25) is 0 Å². The Morgan fingerprint density at radius 2 is 2.18 bits per heavy atom. The summed E-state index contributed by atoms with van der Waals surface area (Å²) in [6.07, 6.45) is 0.723. The van der Waals surface area contributed by atoms with E-state index in [1.54, 1.807) is 5.38 Å². The average Bonchev–Trinajstić information content (AvgIpc) is 2.89. The van der Waals surface area contributed by atoms with E-state index in [4.69, 9.17) is 10.5 Å². The van der Waals surface area contributed by atoms with Gasteiger partial charge in [0, 0.05) is 37.5 Å². The Morgan fingerprint density at radius 1 is 1.50 bits per heavy atom. The Balaban J connectivity index is 0.00000220. The maximum Gasteiger partial charge on any atom is 0.271 e. The number of hydrogen-bond acceptors (Lipinski definition) is 6. The van der Waals surface area contributed by atoms with Crippen molar-refractivity contribution < 1.29 is 9.53 Å². The molecule has 1 aromatic heterocycles. The molecule has 2 rings (SSSR count). The highest BCUT2D eigenvalue weighted by molar-refractivity contribution is 7.09. The number of halogens is 2. The third-order valence-corrected chi connectivity index (χ3v) is 4.06. The minimum Gasteiger partial charge on any atom is -0.379 e. The van der Waals surface area contributed by atoms with E-state index in [1.165, 1.54) is 11.3 Å². The van der Waals surface area contributed by atoms with Crippen LogP contribution in [0.25, 0.3) is 0 Å². The lowest BCUT2D eigenvalue weighted by Crippen LogP contribution is -2.46. The Hall–Kier alpha value is -0.440. The molecule has 0 saturated carbocycles. The van der Waals surface area contributed by atoms with Gasteiger partial charge in [-0.25, -0.2) is 4.98 Å². The van der Waals surface area contributed by atoms with Crippen molar-refractivity contribution in [2.45, 2.75) is 19.4 Å². The maximum absolute atomic E-state index is 12.1. The summed E-state index contributed by atoms with van der Waals surface area (Å²) in [5.74, 6) is -0.106. The number of rotatable bonds is 6. The molecule has 1 aliphatic heterocycles. The highest BCUT2D eigenvalue weighted by atomic mass is 35.5. The lowest BCUT2D eigenvalue weighted by Gasteiger charge is -2.29. The number of hydrogen-bond donors (Lipinski definition) is 2. The average molecular weight is 371 g/mol. The van der Waals surface area contributed by atoms with Crippen molar-refractivity contribution in [3.05, 3.63) is 16.1 Å². The van der Waals surface area contributed by atoms with E-state index in [9.17, 15) is 4.79 Å². The fourth-order valence-electron chi connectivity index (χ4n) is 2.17. The first kappa shape index (κ1) is 21.6. The van der Waals surface area contributed by atoms with E-state index in [-0.39, 0.29) is 36.8 Å². The van der Waals surface area contributed by atoms with Crippen LogP contribution in [0.1, 0.15) is 22.4 Å². The highest BCUT2D eigenvalue weighted by Gasteiger charge is 2.17. The number of carbonyl (C=O) groups is 1. The molecule has 0 bridgehead atoms. The van der Waals surface area contributed by atoms with Gasteiger partial charge in [-0.2, -0.15) is 0 Å². The van der Waals surface area contributed by atoms with Crippen molar-refractivity contribution >= 4 is 42.1 Å². The fraction of sp³-hybridized carbons (Fsp3) is 0.692. The van der Waals surface area contributed by atoms with Gasteiger partial charge in [0.05, 0.1) is 18.2 Å². The molecule has 1 saturated heterocycles. The molecular weight excluding hydrogens is 347 g/mol. The van der Waals surface area contributed by atoms with Crippen LogP contribution < -0.4 is 11.1 Å². The molecule has 3 N–H and O–H groups in total. The zero-order valence-electron chi connectivity index (χ0n) is 12.6. The van der Waals surface area contributed by atoms with Crippen molar-refractivity contribution in [1.29, 1.82) is 0 Å². The molecule has 0 aliphatic carbocycles. The van der Waals surface area contributed by atoms with Gasteiger partial charge >= 0.3 is 0 Å². The summed E-state index contributed by atoms with van der Waals surface area (Å²) >= 11 is 1.49. The van der Waals surface area contributed by atoms with Crippen molar-refractivity contribution in [2.75, 3.05) is 39.4 Å². The van der Waals surface area contributed by atoms with Crippen molar-refractivity contribution in [3.63, 3.8) is 0 Å². The molecule has 1 atom stereocenters. The predicted molar refractivity (Wildman–Crippen MR) is 93.6 cm³/mol. The molecule has 2 heterocycles. The summed E-state index contributed by atoms with van der Waals surface area (Å²) in [7, 11) is 0. The lowest BCUT2D eigenvalue weighted by molar-refractivity contribution is 0.0342. The number of nitrogens with one attached hydrogen (secondary N) is 1. The van der Waals surface area contributed by atoms with Gasteiger partial charge in [-0.1, -0.05) is 0 Å². The second-order valence-corrected chi connectivity index (χ2v) is 5.90. The molecule has 1 aromatic rings. The van der Waals surface area contributed by atoms with E-state index < -0.39 is 0 Å². The van der Waals surface area contributed by atoms with Crippen LogP contribution in [0.15, 0.2) is 5.38 Å². The zero-order valence-corrected chi connectivity index (χ0v) is 15.1. The summed E-state index contributed by atoms with van der Waals surface area (Å²) in [6, 6.07) is 0.0975. The SMILES string of the molecule is CC(CN1CCOCC1)NC(=O)c1csc(CCN)n1.Cl.Cl. The van der Waals surface area contributed by atoms with E-state index in [0.29, 0.717) is 12.2 Å². The molecule has 1 fully saturated rings. The monoisotopic (exact) mass is 370 g/mol. The molecule has 1 aliphatic rings. The first-order valence-electron chi connectivity index (χ1n) is 6.94. The van der Waals surface area contributed by atoms with E-state index in [0.717, 1.165) is 44.3 Å². The fourth-order valence-corrected chi connectivity index (χ4v) is 2.96. The normalized spacial score (nSPS) is 16.3. The highest BCUT2D eigenvalue weighted by Crippen LogP contribution is 2.10. The first-order chi connectivity index (χ1) is 9.69. The summed E-state index contributed by atoms with van der Waals surface area (Å²) in [5, 5.41) is 5.70. The van der Waals surface area contributed by atoms with Crippen molar-refractivity contribution in [3.8, 4) is 0 Å². The van der Waals surface area contributed by atoms with Crippen LogP contribution in [-0.2, 0) is 11.2 Å². The second kappa shape index (κ2) is 11.2. The van der Waals surface area contributed by atoms with Crippen LogP contribution in [0, 0.1) is 0 Å². The van der Waals surface area contributed by atoms with Crippen LogP contribution in [0.2, 0.25) is 0 Å². The number of morpholine rings is 1. The number of nitrogens with zero attached hydrogens (tertiary/aromatic N) is 2. The Labute approximate surface area is 147 Å². The molecule has 0 radical (unpaired) electrons. The molecule has 22 heavy (non-hydrogen) atoms. The molecule has 1 amide bonds. The number of carbonyl (C=O) groups excluding carboxylic acids is 1. The minimum atomic E-state index is -0.106. The largest absolute Gasteiger partial charge is 0.379 e. The standard InChI is InChI=1S/C13H22N4O2S.2ClH/c1-10(8-17-4-6-19-7-5-17)15-13(18)11-9-20-12(16-11)2-3-14;;/h9-10H,2-8,14H2,1H3,(H,15,18);2*1H. The van der Waals surface area contributed by atoms with Crippen LogP contribution in [0.5, 0.6) is 0 Å². The number of aromatic nitrogens is 1. The van der Waals surface area contributed by atoms with Crippen LogP contribution >= 0.6 is 36.2 Å². The zero-order chi connectivity index (χ0) is 14.4. The Kier molecular flexibility index (Phi) is 10.9. The third-order valence-electron chi connectivity index (χ3n) is 3.16. The summed E-state index contributed by atoms with van der Waals surface area (Å²) in [4.78, 5) is 18.7. The van der Waals surface area contributed by atoms with Gasteiger partial charge in [-0.3, -0.25) is 9.69 Å². The molecule has 9 heteroatoms. The molecule has 128 valence electrons. The number of thiazole rings is 1. The number of ether oxygens (including phenoxy) is 1. The van der Waals surface area contributed by atoms with E-state index in [1.807, 2.05) is 6.92 Å². The van der Waals surface area contributed by atoms with E-state index in [2.05, 4.69) is 15.2 Å². The Bertz CT molecular complexity index is 441. The molecule has 0 spiro atoms. The molecule has 1 unspecified atom stereocenters. The van der Waals surface area contributed by atoms with Gasteiger partial charge in [-0.15, -0.1) is 36.2 Å². The second-order valence-electron chi connectivity index (χ2n) is 4.95. The summed E-state index contributed by atoms with van der Waals surface area (Å²) in [6.45, 7) is 6.82. The smallest absolute Gasteiger partial charge is 0.271 e. The molecule has 0 aromatic carbocycles. The Morgan fingerprint density at radius 3 is 2.82 bits per heavy atom. The van der Waals surface area contributed by atoms with Gasteiger partial charge in [-0.05, 0) is 13.5 Å². The third kappa shape index (κ3) is 6.76. The maximum atomic E-state index is 12.1. The van der Waals surface area contributed by atoms with Gasteiger partial charge in [0.1, 0.15) is 5.69 Å². The predicted octanol–water partition coefficient (Wildman–Crippen LogP) is 0.938. The number of nitrogens with two attached hydrogens (primary N) is 1. The molecular formula is C13H24Cl2N4O2S. The molecule has 6 nitrogen and oxygen atoms in total. The topological polar surface area (TPSA) is 80.5 Å². The van der Waals surface area contributed by atoms with Crippen LogP contribution in [-0.4, -0.2) is 61.2 Å².